The van der Waals surface area contributed by atoms with E-state index in [1.165, 1.54) is 44.9 Å². The van der Waals surface area contributed by atoms with Gasteiger partial charge in [0.25, 0.3) is 0 Å². The highest BCUT2D eigenvalue weighted by Gasteiger charge is 2.49. The Hall–Kier alpha value is -0.120. The van der Waals surface area contributed by atoms with E-state index in [0.717, 1.165) is 32.3 Å². The summed E-state index contributed by atoms with van der Waals surface area (Å²) < 4.78 is 6.22. The smallest absolute Gasteiger partial charge is 0.0753 e. The van der Waals surface area contributed by atoms with Crippen molar-refractivity contribution in [3.8, 4) is 0 Å². The lowest BCUT2D eigenvalue weighted by Crippen LogP contribution is -2.57. The van der Waals surface area contributed by atoms with Crippen LogP contribution in [0.2, 0.25) is 0 Å². The second-order valence-electron chi connectivity index (χ2n) is 7.99. The van der Waals surface area contributed by atoms with Gasteiger partial charge in [-0.3, -0.25) is 0 Å². The summed E-state index contributed by atoms with van der Waals surface area (Å²) in [7, 11) is 4.31. The molecule has 3 heteroatoms. The van der Waals surface area contributed by atoms with E-state index in [-0.39, 0.29) is 17.2 Å². The summed E-state index contributed by atoms with van der Waals surface area (Å²) in [5, 5.41) is 11.2. The fourth-order valence-corrected chi connectivity index (χ4v) is 5.31. The summed E-state index contributed by atoms with van der Waals surface area (Å²) in [6.07, 6.45) is 13.2. The predicted octanol–water partition coefficient (Wildman–Crippen LogP) is 3.35. The van der Waals surface area contributed by atoms with Crippen LogP contribution in [0.3, 0.4) is 0 Å². The number of hydrogen-bond acceptors (Lipinski definition) is 3. The van der Waals surface area contributed by atoms with Crippen molar-refractivity contribution in [3.05, 3.63) is 0 Å². The number of hydrogen-bond donors (Lipinski definition) is 1. The van der Waals surface area contributed by atoms with Crippen molar-refractivity contribution in [1.29, 1.82) is 0 Å². The molecule has 1 spiro atoms. The quantitative estimate of drug-likeness (QED) is 0.866. The summed E-state index contributed by atoms with van der Waals surface area (Å²) in [4.78, 5) is 2.31. The van der Waals surface area contributed by atoms with Crippen molar-refractivity contribution < 1.29 is 9.84 Å². The van der Waals surface area contributed by atoms with E-state index in [2.05, 4.69) is 19.0 Å². The highest BCUT2D eigenvalue weighted by atomic mass is 16.5. The van der Waals surface area contributed by atoms with Crippen LogP contribution in [-0.2, 0) is 4.74 Å². The third-order valence-electron chi connectivity index (χ3n) is 6.65. The molecular weight excluding hydrogens is 262 g/mol. The van der Waals surface area contributed by atoms with Gasteiger partial charge in [0, 0.05) is 12.1 Å². The second kappa shape index (κ2) is 6.17. The Morgan fingerprint density at radius 2 is 1.62 bits per heavy atom. The molecule has 0 aromatic rings. The molecule has 1 heterocycles. The molecule has 2 unspecified atom stereocenters. The van der Waals surface area contributed by atoms with Gasteiger partial charge in [-0.2, -0.15) is 0 Å². The van der Waals surface area contributed by atoms with Crippen molar-refractivity contribution in [1.82, 2.24) is 4.90 Å². The molecule has 0 bridgehead atoms. The van der Waals surface area contributed by atoms with Gasteiger partial charge in [0.05, 0.1) is 11.7 Å². The van der Waals surface area contributed by atoms with E-state index in [0.29, 0.717) is 5.92 Å². The lowest BCUT2D eigenvalue weighted by atomic mass is 9.70. The standard InChI is InChI=1S/C18H33NO2/c1-19(2)18(11-6-7-12-18)16(20)15-8-13-21-17(14-15)9-4-3-5-10-17/h15-16,20H,3-14H2,1-2H3. The first-order valence-corrected chi connectivity index (χ1v) is 9.08. The molecule has 0 radical (unpaired) electrons. The molecule has 3 rings (SSSR count). The van der Waals surface area contributed by atoms with Crippen molar-refractivity contribution in [3.63, 3.8) is 0 Å². The highest BCUT2D eigenvalue weighted by molar-refractivity contribution is 5.03. The van der Waals surface area contributed by atoms with Crippen LogP contribution >= 0.6 is 0 Å². The lowest BCUT2D eigenvalue weighted by molar-refractivity contribution is -0.150. The zero-order valence-corrected chi connectivity index (χ0v) is 13.9. The Morgan fingerprint density at radius 1 is 1.00 bits per heavy atom. The first-order valence-electron chi connectivity index (χ1n) is 9.08. The Morgan fingerprint density at radius 3 is 2.24 bits per heavy atom. The summed E-state index contributed by atoms with van der Waals surface area (Å²) in [5.41, 5.74) is 0.131. The Labute approximate surface area is 130 Å². The molecule has 2 saturated carbocycles. The minimum Gasteiger partial charge on any atom is -0.391 e. The molecule has 2 aliphatic carbocycles. The van der Waals surface area contributed by atoms with Gasteiger partial charge in [0.1, 0.15) is 0 Å². The third kappa shape index (κ3) is 2.89. The molecule has 122 valence electrons. The SMILES string of the molecule is CN(C)C1(C(O)C2CCOC3(CCCCC3)C2)CCCC1. The summed E-state index contributed by atoms with van der Waals surface area (Å²) >= 11 is 0. The molecule has 0 amide bonds. The van der Waals surface area contributed by atoms with Gasteiger partial charge in [0.2, 0.25) is 0 Å². The van der Waals surface area contributed by atoms with Gasteiger partial charge in [-0.15, -0.1) is 0 Å². The number of likely N-dealkylation sites (N-methyl/N-ethyl adjacent to an activating group) is 1. The first-order chi connectivity index (χ1) is 10.1. The number of ether oxygens (including phenoxy) is 1. The van der Waals surface area contributed by atoms with E-state index in [4.69, 9.17) is 4.74 Å². The van der Waals surface area contributed by atoms with E-state index in [1.54, 1.807) is 0 Å². The van der Waals surface area contributed by atoms with Crippen LogP contribution in [0.1, 0.15) is 70.6 Å². The van der Waals surface area contributed by atoms with Gasteiger partial charge < -0.3 is 14.7 Å². The van der Waals surface area contributed by atoms with Gasteiger partial charge in [-0.1, -0.05) is 32.1 Å². The largest absolute Gasteiger partial charge is 0.391 e. The molecule has 0 aromatic carbocycles. The molecule has 1 saturated heterocycles. The summed E-state index contributed by atoms with van der Waals surface area (Å²) in [6, 6.07) is 0. The monoisotopic (exact) mass is 295 g/mol. The molecule has 21 heavy (non-hydrogen) atoms. The van der Waals surface area contributed by atoms with E-state index in [1.807, 2.05) is 0 Å². The maximum absolute atomic E-state index is 11.2. The van der Waals surface area contributed by atoms with E-state index in [9.17, 15) is 5.11 Å². The van der Waals surface area contributed by atoms with Crippen molar-refractivity contribution in [2.45, 2.75) is 87.9 Å². The summed E-state index contributed by atoms with van der Waals surface area (Å²) in [6.45, 7) is 0.852. The number of rotatable bonds is 3. The molecule has 1 N–H and O–H groups in total. The minimum atomic E-state index is -0.183. The molecule has 3 fully saturated rings. The summed E-state index contributed by atoms with van der Waals surface area (Å²) in [5.74, 6) is 0.428. The fraction of sp³-hybridized carbons (Fsp3) is 1.00. The molecule has 1 aliphatic heterocycles. The van der Waals surface area contributed by atoms with Crippen molar-refractivity contribution in [2.75, 3.05) is 20.7 Å². The highest BCUT2D eigenvalue weighted by Crippen LogP contribution is 2.46. The lowest BCUT2D eigenvalue weighted by Gasteiger charge is -2.49. The van der Waals surface area contributed by atoms with Crippen LogP contribution in [-0.4, -0.2) is 48.0 Å². The molecule has 0 aromatic heterocycles. The van der Waals surface area contributed by atoms with Crippen LogP contribution < -0.4 is 0 Å². The van der Waals surface area contributed by atoms with Crippen LogP contribution in [0, 0.1) is 5.92 Å². The third-order valence-corrected chi connectivity index (χ3v) is 6.65. The maximum atomic E-state index is 11.2. The average molecular weight is 295 g/mol. The Balaban J connectivity index is 1.73. The number of aliphatic hydroxyl groups is 1. The topological polar surface area (TPSA) is 32.7 Å². The van der Waals surface area contributed by atoms with Gasteiger partial charge >= 0.3 is 0 Å². The molecule has 3 aliphatic rings. The van der Waals surface area contributed by atoms with Crippen LogP contribution in [0.5, 0.6) is 0 Å². The average Bonchev–Trinajstić information content (AvgIpc) is 2.98. The van der Waals surface area contributed by atoms with Crippen LogP contribution in [0.4, 0.5) is 0 Å². The van der Waals surface area contributed by atoms with Crippen LogP contribution in [0.15, 0.2) is 0 Å². The maximum Gasteiger partial charge on any atom is 0.0753 e. The molecule has 3 nitrogen and oxygen atoms in total. The number of aliphatic hydroxyl groups excluding tert-OH is 1. The van der Waals surface area contributed by atoms with E-state index < -0.39 is 0 Å². The zero-order chi connectivity index (χ0) is 14.9. The van der Waals surface area contributed by atoms with Gasteiger partial charge in [0.15, 0.2) is 0 Å². The normalized spacial score (nSPS) is 33.4. The van der Waals surface area contributed by atoms with Crippen molar-refractivity contribution >= 4 is 0 Å². The predicted molar refractivity (Wildman–Crippen MR) is 85.4 cm³/mol. The fourth-order valence-electron chi connectivity index (χ4n) is 5.31. The van der Waals surface area contributed by atoms with Crippen LogP contribution in [0.25, 0.3) is 0 Å². The zero-order valence-electron chi connectivity index (χ0n) is 13.9. The molecule has 2 atom stereocenters. The Bertz CT molecular complexity index is 338. The molecular formula is C18H33NO2. The van der Waals surface area contributed by atoms with Gasteiger partial charge in [-0.25, -0.2) is 0 Å². The minimum absolute atomic E-state index is 0.0257. The van der Waals surface area contributed by atoms with E-state index >= 15 is 0 Å². The van der Waals surface area contributed by atoms with Crippen molar-refractivity contribution in [2.24, 2.45) is 5.92 Å². The Kier molecular flexibility index (Phi) is 4.63. The number of nitrogens with zero attached hydrogens (tertiary/aromatic N) is 1. The van der Waals surface area contributed by atoms with Gasteiger partial charge in [-0.05, 0) is 58.5 Å². The second-order valence-corrected chi connectivity index (χ2v) is 7.99. The first kappa shape index (κ1) is 15.8.